The molecule has 0 spiro atoms. The lowest BCUT2D eigenvalue weighted by molar-refractivity contribution is 0.411. The Labute approximate surface area is 112 Å². The van der Waals surface area contributed by atoms with E-state index in [9.17, 15) is 0 Å². The molecule has 96 valence electrons. The minimum absolute atomic E-state index is 0.0479. The van der Waals surface area contributed by atoms with Crippen LogP contribution in [0.4, 0.5) is 0 Å². The first-order chi connectivity index (χ1) is 8.52. The number of hydrogen-bond acceptors (Lipinski definition) is 3. The number of rotatable bonds is 3. The van der Waals surface area contributed by atoms with E-state index in [1.807, 2.05) is 6.92 Å². The van der Waals surface area contributed by atoms with Crippen LogP contribution in [0.25, 0.3) is 0 Å². The average Bonchev–Trinajstić information content (AvgIpc) is 2.77. The second kappa shape index (κ2) is 5.12. The Morgan fingerprint density at radius 3 is 2.39 bits per heavy atom. The van der Waals surface area contributed by atoms with Crippen molar-refractivity contribution in [3.8, 4) is 5.75 Å². The van der Waals surface area contributed by atoms with Gasteiger partial charge < -0.3 is 10.5 Å². The fourth-order valence-electron chi connectivity index (χ4n) is 2.14. The molecular weight excluding hydrogens is 242 g/mol. The summed E-state index contributed by atoms with van der Waals surface area (Å²) in [5.41, 5.74) is 9.84. The van der Waals surface area contributed by atoms with Crippen molar-refractivity contribution in [3.63, 3.8) is 0 Å². The minimum atomic E-state index is -0.0479. The normalized spacial score (nSPS) is 12.5. The van der Waals surface area contributed by atoms with Crippen LogP contribution in [-0.2, 0) is 0 Å². The molecule has 2 nitrogen and oxygen atoms in total. The molecule has 0 amide bonds. The zero-order valence-electron chi connectivity index (χ0n) is 11.3. The summed E-state index contributed by atoms with van der Waals surface area (Å²) in [7, 11) is 1.70. The Morgan fingerprint density at radius 2 is 1.83 bits per heavy atom. The van der Waals surface area contributed by atoms with Crippen molar-refractivity contribution in [1.82, 2.24) is 0 Å². The van der Waals surface area contributed by atoms with E-state index in [0.717, 1.165) is 11.3 Å². The van der Waals surface area contributed by atoms with Crippen molar-refractivity contribution in [3.05, 3.63) is 50.7 Å². The third kappa shape index (κ3) is 2.42. The Morgan fingerprint density at radius 1 is 1.11 bits per heavy atom. The lowest BCUT2D eigenvalue weighted by atomic mass is 9.98. The van der Waals surface area contributed by atoms with Gasteiger partial charge in [-0.1, -0.05) is 6.07 Å². The van der Waals surface area contributed by atoms with Crippen molar-refractivity contribution in [2.45, 2.75) is 26.8 Å². The fraction of sp³-hybridized carbons (Fsp3) is 0.333. The Hall–Kier alpha value is -1.32. The Kier molecular flexibility index (Phi) is 3.73. The maximum absolute atomic E-state index is 6.36. The van der Waals surface area contributed by atoms with Gasteiger partial charge in [0, 0.05) is 9.75 Å². The van der Waals surface area contributed by atoms with Gasteiger partial charge in [0.1, 0.15) is 5.75 Å². The van der Waals surface area contributed by atoms with Gasteiger partial charge in [-0.25, -0.2) is 0 Å². The number of hydrogen-bond donors (Lipinski definition) is 1. The lowest BCUT2D eigenvalue weighted by Crippen LogP contribution is -2.12. The van der Waals surface area contributed by atoms with Gasteiger partial charge >= 0.3 is 0 Å². The summed E-state index contributed by atoms with van der Waals surface area (Å²) < 4.78 is 5.33. The third-order valence-electron chi connectivity index (χ3n) is 3.19. The second-order valence-corrected chi connectivity index (χ2v) is 5.92. The second-order valence-electron chi connectivity index (χ2n) is 4.60. The highest BCUT2D eigenvalue weighted by atomic mass is 32.1. The first-order valence-electron chi connectivity index (χ1n) is 6.00. The van der Waals surface area contributed by atoms with Crippen LogP contribution in [0.3, 0.4) is 0 Å². The molecule has 0 saturated carbocycles. The molecule has 1 aromatic carbocycles. The summed E-state index contributed by atoms with van der Waals surface area (Å²) >= 11 is 1.76. The SMILES string of the molecule is COc1cc(C)c(C(N)c2ccc(C)s2)cc1C. The molecule has 1 unspecified atom stereocenters. The number of ether oxygens (including phenoxy) is 1. The summed E-state index contributed by atoms with van der Waals surface area (Å²) in [6, 6.07) is 8.38. The quantitative estimate of drug-likeness (QED) is 0.913. The van der Waals surface area contributed by atoms with Gasteiger partial charge in [0.25, 0.3) is 0 Å². The molecule has 1 heterocycles. The smallest absolute Gasteiger partial charge is 0.122 e. The molecule has 0 radical (unpaired) electrons. The van der Waals surface area contributed by atoms with Crippen molar-refractivity contribution in [2.24, 2.45) is 5.73 Å². The Balaban J connectivity index is 2.42. The standard InChI is InChI=1S/C15H19NOS/c1-9-8-13(17-4)10(2)7-12(9)15(16)14-6-5-11(3)18-14/h5-8,15H,16H2,1-4H3. The number of aryl methyl sites for hydroxylation is 3. The van der Waals surface area contributed by atoms with Gasteiger partial charge in [0.15, 0.2) is 0 Å². The van der Waals surface area contributed by atoms with Gasteiger partial charge in [-0.15, -0.1) is 11.3 Å². The molecular formula is C15H19NOS. The van der Waals surface area contributed by atoms with E-state index in [4.69, 9.17) is 10.5 Å². The van der Waals surface area contributed by atoms with Crippen LogP contribution in [0.2, 0.25) is 0 Å². The highest BCUT2D eigenvalue weighted by Gasteiger charge is 2.15. The monoisotopic (exact) mass is 261 g/mol. The molecule has 18 heavy (non-hydrogen) atoms. The van der Waals surface area contributed by atoms with E-state index in [-0.39, 0.29) is 6.04 Å². The molecule has 0 aliphatic heterocycles. The molecule has 1 atom stereocenters. The third-order valence-corrected chi connectivity index (χ3v) is 4.27. The molecule has 0 fully saturated rings. The van der Waals surface area contributed by atoms with E-state index in [2.05, 4.69) is 38.1 Å². The first kappa shape index (κ1) is 13.1. The zero-order valence-corrected chi connectivity index (χ0v) is 12.1. The number of thiophene rings is 1. The van der Waals surface area contributed by atoms with Crippen LogP contribution in [0, 0.1) is 20.8 Å². The van der Waals surface area contributed by atoms with E-state index >= 15 is 0 Å². The van der Waals surface area contributed by atoms with Crippen molar-refractivity contribution in [2.75, 3.05) is 7.11 Å². The number of benzene rings is 1. The van der Waals surface area contributed by atoms with E-state index in [1.54, 1.807) is 18.4 Å². The summed E-state index contributed by atoms with van der Waals surface area (Å²) in [5.74, 6) is 0.922. The molecule has 1 aromatic heterocycles. The Bertz CT molecular complexity index is 560. The van der Waals surface area contributed by atoms with Gasteiger partial charge in [0.2, 0.25) is 0 Å². The topological polar surface area (TPSA) is 35.2 Å². The maximum atomic E-state index is 6.36. The number of nitrogens with two attached hydrogens (primary N) is 1. The van der Waals surface area contributed by atoms with Gasteiger partial charge in [-0.3, -0.25) is 0 Å². The summed E-state index contributed by atoms with van der Waals surface area (Å²) in [6.07, 6.45) is 0. The molecule has 3 heteroatoms. The highest BCUT2D eigenvalue weighted by Crippen LogP contribution is 2.31. The van der Waals surface area contributed by atoms with Crippen molar-refractivity contribution in [1.29, 1.82) is 0 Å². The van der Waals surface area contributed by atoms with Crippen molar-refractivity contribution < 1.29 is 4.74 Å². The zero-order chi connectivity index (χ0) is 13.3. The molecule has 0 aliphatic rings. The molecule has 0 bridgehead atoms. The van der Waals surface area contributed by atoms with E-state index < -0.39 is 0 Å². The number of methoxy groups -OCH3 is 1. The van der Waals surface area contributed by atoms with Crippen LogP contribution < -0.4 is 10.5 Å². The van der Waals surface area contributed by atoms with Crippen LogP contribution in [0.1, 0.15) is 32.5 Å². The summed E-state index contributed by atoms with van der Waals surface area (Å²) in [5, 5.41) is 0. The van der Waals surface area contributed by atoms with Gasteiger partial charge in [0.05, 0.1) is 13.2 Å². The molecule has 2 aromatic rings. The minimum Gasteiger partial charge on any atom is -0.496 e. The molecule has 2 rings (SSSR count). The molecule has 0 saturated heterocycles. The molecule has 0 aliphatic carbocycles. The first-order valence-corrected chi connectivity index (χ1v) is 6.81. The van der Waals surface area contributed by atoms with Crippen LogP contribution in [0.15, 0.2) is 24.3 Å². The van der Waals surface area contributed by atoms with Crippen LogP contribution >= 0.6 is 11.3 Å². The largest absolute Gasteiger partial charge is 0.496 e. The van der Waals surface area contributed by atoms with Crippen LogP contribution in [0.5, 0.6) is 5.75 Å². The summed E-state index contributed by atoms with van der Waals surface area (Å²) in [6.45, 7) is 6.23. The van der Waals surface area contributed by atoms with Crippen molar-refractivity contribution >= 4 is 11.3 Å². The fourth-order valence-corrected chi connectivity index (χ4v) is 3.04. The van der Waals surface area contributed by atoms with E-state index in [1.165, 1.54) is 20.9 Å². The maximum Gasteiger partial charge on any atom is 0.122 e. The van der Waals surface area contributed by atoms with Gasteiger partial charge in [-0.05, 0) is 55.7 Å². The predicted octanol–water partition coefficient (Wildman–Crippen LogP) is 3.73. The van der Waals surface area contributed by atoms with E-state index in [0.29, 0.717) is 0 Å². The lowest BCUT2D eigenvalue weighted by Gasteiger charge is -2.16. The summed E-state index contributed by atoms with van der Waals surface area (Å²) in [4.78, 5) is 2.50. The average molecular weight is 261 g/mol. The molecule has 2 N–H and O–H groups in total. The van der Waals surface area contributed by atoms with Gasteiger partial charge in [-0.2, -0.15) is 0 Å². The highest BCUT2D eigenvalue weighted by molar-refractivity contribution is 7.12. The predicted molar refractivity (Wildman–Crippen MR) is 77.6 cm³/mol. The van der Waals surface area contributed by atoms with Crippen LogP contribution in [-0.4, -0.2) is 7.11 Å².